The fourth-order valence-electron chi connectivity index (χ4n) is 6.53. The van der Waals surface area contributed by atoms with E-state index in [2.05, 4.69) is 13.8 Å². The molecule has 0 aromatic heterocycles. The molecule has 0 fully saturated rings. The van der Waals surface area contributed by atoms with Gasteiger partial charge in [-0.2, -0.15) is 0 Å². The minimum Gasteiger partial charge on any atom is -0.462 e. The number of halogens is 1. The predicted octanol–water partition coefficient (Wildman–Crippen LogP) is 14.1. The summed E-state index contributed by atoms with van der Waals surface area (Å²) in [6, 6.07) is 0. The molecule has 0 aliphatic rings. The molecule has 322 valence electrons. The average molecular weight is 810 g/mol. The van der Waals surface area contributed by atoms with E-state index in [1.807, 2.05) is 21.1 Å². The second-order valence-corrected chi connectivity index (χ2v) is 19.4. The van der Waals surface area contributed by atoms with Crippen LogP contribution in [-0.2, 0) is 32.7 Å². The van der Waals surface area contributed by atoms with Gasteiger partial charge in [0.2, 0.25) is 0 Å². The molecule has 0 spiro atoms. The summed E-state index contributed by atoms with van der Waals surface area (Å²) in [5.74, 6) is -0.714. The number of unbranched alkanes of at least 4 members (excludes halogenated alkanes) is 28. The molecular formula is C44H88ClNO7P+. The average Bonchev–Trinajstić information content (AvgIpc) is 3.12. The number of hydrogen-bond donors (Lipinski definition) is 0. The Morgan fingerprint density at radius 1 is 0.500 bits per heavy atom. The van der Waals surface area contributed by atoms with Crippen molar-refractivity contribution in [3.8, 4) is 0 Å². The summed E-state index contributed by atoms with van der Waals surface area (Å²) in [5.41, 5.74) is 0. The number of ether oxygens (including phenoxy) is 2. The van der Waals surface area contributed by atoms with Crippen molar-refractivity contribution < 1.29 is 37.2 Å². The van der Waals surface area contributed by atoms with Crippen molar-refractivity contribution in [1.29, 1.82) is 0 Å². The fourth-order valence-corrected chi connectivity index (χ4v) is 7.63. The zero-order valence-corrected chi connectivity index (χ0v) is 37.8. The van der Waals surface area contributed by atoms with Crippen molar-refractivity contribution in [3.63, 3.8) is 0 Å². The van der Waals surface area contributed by atoms with E-state index in [0.29, 0.717) is 17.4 Å². The molecule has 0 aromatic rings. The number of hydrogen-bond acceptors (Lipinski definition) is 7. The standard InChI is InChI=1S/C44H88ClNO7P/c1-6-8-10-12-14-16-18-20-22-24-26-28-30-32-34-36-43(47)50-40-42(41-52-54(45,49)51-39-38-46(3,4)5)53-44(48)37-35-33-31-29-27-25-23-21-19-17-15-13-11-9-7-2/h42H,6-41H2,1-5H3/q+1/t42-,54?/m1/s1. The van der Waals surface area contributed by atoms with Crippen LogP contribution in [0.1, 0.15) is 219 Å². The maximum atomic E-state index is 12.7. The molecule has 2 atom stereocenters. The summed E-state index contributed by atoms with van der Waals surface area (Å²) in [6.07, 6.45) is 37.5. The van der Waals surface area contributed by atoms with E-state index in [1.54, 1.807) is 0 Å². The first-order valence-electron chi connectivity index (χ1n) is 22.7. The van der Waals surface area contributed by atoms with E-state index in [-0.39, 0.29) is 38.2 Å². The Morgan fingerprint density at radius 3 is 1.19 bits per heavy atom. The number of esters is 2. The lowest BCUT2D eigenvalue weighted by Crippen LogP contribution is -2.37. The van der Waals surface area contributed by atoms with E-state index in [0.717, 1.165) is 38.5 Å². The molecule has 0 rings (SSSR count). The molecule has 0 N–H and O–H groups in total. The predicted molar refractivity (Wildman–Crippen MR) is 228 cm³/mol. The van der Waals surface area contributed by atoms with Crippen LogP contribution in [0.2, 0.25) is 0 Å². The van der Waals surface area contributed by atoms with Crippen LogP contribution < -0.4 is 0 Å². The highest BCUT2D eigenvalue weighted by Gasteiger charge is 2.27. The molecule has 0 saturated heterocycles. The monoisotopic (exact) mass is 809 g/mol. The molecule has 0 aliphatic heterocycles. The van der Waals surface area contributed by atoms with E-state index in [1.165, 1.54) is 154 Å². The fraction of sp³-hybridized carbons (Fsp3) is 0.955. The van der Waals surface area contributed by atoms with Crippen molar-refractivity contribution in [3.05, 3.63) is 0 Å². The molecular weight excluding hydrogens is 721 g/mol. The Balaban J connectivity index is 4.30. The molecule has 54 heavy (non-hydrogen) atoms. The number of rotatable bonds is 42. The van der Waals surface area contributed by atoms with Gasteiger partial charge in [-0.1, -0.05) is 194 Å². The summed E-state index contributed by atoms with van der Waals surface area (Å²) in [7, 11) is 5.97. The lowest BCUT2D eigenvalue weighted by molar-refractivity contribution is -0.870. The molecule has 0 aromatic carbocycles. The highest BCUT2D eigenvalue weighted by Crippen LogP contribution is 2.53. The first-order chi connectivity index (χ1) is 26.0. The van der Waals surface area contributed by atoms with Crippen LogP contribution >= 0.6 is 18.2 Å². The lowest BCUT2D eigenvalue weighted by Gasteiger charge is -2.24. The van der Waals surface area contributed by atoms with Crippen LogP contribution in [0.5, 0.6) is 0 Å². The van der Waals surface area contributed by atoms with E-state index in [4.69, 9.17) is 29.8 Å². The molecule has 0 radical (unpaired) electrons. The number of carbonyl (C=O) groups excluding carboxylic acids is 2. The number of likely N-dealkylation sites (N-methyl/N-ethyl adjacent to an activating group) is 1. The zero-order chi connectivity index (χ0) is 40.0. The minimum atomic E-state index is -3.89. The van der Waals surface area contributed by atoms with Crippen LogP contribution in [0, 0.1) is 0 Å². The molecule has 0 bridgehead atoms. The summed E-state index contributed by atoms with van der Waals surface area (Å²) in [6.45, 7) is 0.940. The van der Waals surface area contributed by atoms with Crippen LogP contribution in [0.25, 0.3) is 0 Å². The normalized spacial score (nSPS) is 13.5. The van der Waals surface area contributed by atoms with E-state index in [9.17, 15) is 14.2 Å². The summed E-state index contributed by atoms with van der Waals surface area (Å²) in [4.78, 5) is 25.2. The number of carbonyl (C=O) groups is 2. The van der Waals surface area contributed by atoms with Gasteiger partial charge >= 0.3 is 18.9 Å². The van der Waals surface area contributed by atoms with Gasteiger partial charge in [0.05, 0.1) is 27.7 Å². The Bertz CT molecular complexity index is 901. The Labute approximate surface area is 339 Å². The molecule has 0 aliphatic carbocycles. The third-order valence-corrected chi connectivity index (χ3v) is 11.7. The minimum absolute atomic E-state index is 0.155. The first-order valence-corrected chi connectivity index (χ1v) is 25.2. The molecule has 1 unspecified atom stereocenters. The zero-order valence-electron chi connectivity index (χ0n) is 36.2. The Hall–Kier alpha value is -0.660. The van der Waals surface area contributed by atoms with Crippen LogP contribution in [0.3, 0.4) is 0 Å². The van der Waals surface area contributed by atoms with Crippen molar-refractivity contribution in [2.75, 3.05) is 47.5 Å². The molecule has 0 saturated carbocycles. The van der Waals surface area contributed by atoms with Gasteiger partial charge in [-0.05, 0) is 12.8 Å². The van der Waals surface area contributed by atoms with E-state index >= 15 is 0 Å². The third-order valence-electron chi connectivity index (χ3n) is 10.1. The summed E-state index contributed by atoms with van der Waals surface area (Å²) in [5, 5.41) is 0. The molecule has 10 heteroatoms. The Kier molecular flexibility index (Phi) is 37.4. The maximum absolute atomic E-state index is 12.7. The van der Waals surface area contributed by atoms with Crippen molar-refractivity contribution >= 4 is 30.1 Å². The quantitative estimate of drug-likeness (QED) is 0.0263. The smallest absolute Gasteiger partial charge is 0.424 e. The third kappa shape index (κ3) is 41.0. The second kappa shape index (κ2) is 37.9. The van der Waals surface area contributed by atoms with Gasteiger partial charge in [-0.25, -0.2) is 4.57 Å². The topological polar surface area (TPSA) is 88.1 Å². The SMILES string of the molecule is CCCCCCCCCCCCCCCCCC(=O)OC[C@H](COP(=O)(Cl)OCC[N+](C)(C)C)OC(=O)CCCCCCCCCCCCCCCCC. The molecule has 0 heterocycles. The van der Waals surface area contributed by atoms with Crippen molar-refractivity contribution in [2.45, 2.75) is 225 Å². The lowest BCUT2D eigenvalue weighted by atomic mass is 10.0. The van der Waals surface area contributed by atoms with Gasteiger partial charge in [0.25, 0.3) is 0 Å². The van der Waals surface area contributed by atoms with Crippen molar-refractivity contribution in [2.24, 2.45) is 0 Å². The van der Waals surface area contributed by atoms with E-state index < -0.39 is 13.1 Å². The number of quaternary nitrogens is 1. The van der Waals surface area contributed by atoms with Gasteiger partial charge in [0.15, 0.2) is 6.10 Å². The molecule has 0 amide bonds. The second-order valence-electron chi connectivity index (χ2n) is 16.8. The van der Waals surface area contributed by atoms with Gasteiger partial charge in [0, 0.05) is 24.1 Å². The Morgan fingerprint density at radius 2 is 0.833 bits per heavy atom. The molecule has 8 nitrogen and oxygen atoms in total. The van der Waals surface area contributed by atoms with Gasteiger partial charge in [-0.3, -0.25) is 18.6 Å². The van der Waals surface area contributed by atoms with Crippen LogP contribution in [-0.4, -0.2) is 70.0 Å². The van der Waals surface area contributed by atoms with Crippen LogP contribution in [0.15, 0.2) is 0 Å². The highest BCUT2D eigenvalue weighted by atomic mass is 35.7. The first kappa shape index (κ1) is 53.3. The number of nitrogens with zero attached hydrogens (tertiary/aromatic N) is 1. The summed E-state index contributed by atoms with van der Waals surface area (Å²) >= 11 is 6.05. The van der Waals surface area contributed by atoms with Gasteiger partial charge < -0.3 is 14.0 Å². The van der Waals surface area contributed by atoms with Crippen molar-refractivity contribution in [1.82, 2.24) is 0 Å². The van der Waals surface area contributed by atoms with Crippen LogP contribution in [0.4, 0.5) is 0 Å². The maximum Gasteiger partial charge on any atom is 0.424 e. The highest BCUT2D eigenvalue weighted by molar-refractivity contribution is 7.81. The van der Waals surface area contributed by atoms with Gasteiger partial charge in [-0.15, -0.1) is 0 Å². The largest absolute Gasteiger partial charge is 0.462 e. The van der Waals surface area contributed by atoms with Gasteiger partial charge in [0.1, 0.15) is 19.8 Å². The summed E-state index contributed by atoms with van der Waals surface area (Å²) < 4.78 is 35.1.